The number of amides is 3. The van der Waals surface area contributed by atoms with E-state index in [1.165, 1.54) is 0 Å². The van der Waals surface area contributed by atoms with E-state index in [1.54, 1.807) is 0 Å². The summed E-state index contributed by atoms with van der Waals surface area (Å²) in [5.74, 6) is -0.0986. The lowest BCUT2D eigenvalue weighted by atomic mass is 10.1. The standard InChI is InChI=1S/C23H30N4O2/c1-3-4-13-24-23(29)27-16-14-26(15-17-27)20-11-9-19(10-12-20)25-22(28)21-8-6-5-7-18(21)2/h5-12H,3-4,13-17H2,1-2H3,(H,24,29)(H,25,28). The summed E-state index contributed by atoms with van der Waals surface area (Å²) in [5.41, 5.74) is 3.52. The molecule has 2 N–H and O–H groups in total. The lowest BCUT2D eigenvalue weighted by Crippen LogP contribution is -2.52. The van der Waals surface area contributed by atoms with Crippen LogP contribution in [0.4, 0.5) is 16.2 Å². The van der Waals surface area contributed by atoms with Gasteiger partial charge in [-0.25, -0.2) is 4.79 Å². The molecule has 3 amide bonds. The normalized spacial score (nSPS) is 13.9. The molecule has 6 nitrogen and oxygen atoms in total. The molecule has 6 heteroatoms. The number of anilines is 2. The molecule has 3 rings (SSSR count). The minimum atomic E-state index is -0.0986. The maximum Gasteiger partial charge on any atom is 0.317 e. The van der Waals surface area contributed by atoms with Gasteiger partial charge in [-0.3, -0.25) is 4.79 Å². The van der Waals surface area contributed by atoms with Gasteiger partial charge in [-0.1, -0.05) is 31.5 Å². The van der Waals surface area contributed by atoms with Crippen LogP contribution >= 0.6 is 0 Å². The number of nitrogens with zero attached hydrogens (tertiary/aromatic N) is 2. The molecule has 0 radical (unpaired) electrons. The van der Waals surface area contributed by atoms with Crippen molar-refractivity contribution < 1.29 is 9.59 Å². The van der Waals surface area contributed by atoms with Gasteiger partial charge >= 0.3 is 6.03 Å². The van der Waals surface area contributed by atoms with Gasteiger partial charge in [-0.2, -0.15) is 0 Å². The molecule has 1 heterocycles. The third-order valence-corrected chi connectivity index (χ3v) is 5.25. The maximum absolute atomic E-state index is 12.5. The number of urea groups is 1. The van der Waals surface area contributed by atoms with Crippen LogP contribution in [-0.2, 0) is 0 Å². The summed E-state index contributed by atoms with van der Waals surface area (Å²) in [4.78, 5) is 28.8. The molecule has 0 aromatic heterocycles. The van der Waals surface area contributed by atoms with E-state index in [4.69, 9.17) is 0 Å². The molecule has 0 unspecified atom stereocenters. The first kappa shape index (κ1) is 20.7. The van der Waals surface area contributed by atoms with Crippen molar-refractivity contribution in [1.82, 2.24) is 10.2 Å². The van der Waals surface area contributed by atoms with Crippen LogP contribution in [0.1, 0.15) is 35.7 Å². The summed E-state index contributed by atoms with van der Waals surface area (Å²) in [6, 6.07) is 15.5. The fourth-order valence-corrected chi connectivity index (χ4v) is 3.43. The fraction of sp³-hybridized carbons (Fsp3) is 0.391. The molecule has 0 bridgehead atoms. The van der Waals surface area contributed by atoms with E-state index in [-0.39, 0.29) is 11.9 Å². The molecule has 0 spiro atoms. The number of hydrogen-bond acceptors (Lipinski definition) is 3. The Morgan fingerprint density at radius 1 is 0.966 bits per heavy atom. The molecule has 1 aliphatic rings. The van der Waals surface area contributed by atoms with Crippen LogP contribution in [0.25, 0.3) is 0 Å². The number of unbranched alkanes of at least 4 members (excludes halogenated alkanes) is 1. The molecule has 2 aromatic rings. The minimum absolute atomic E-state index is 0.0346. The highest BCUT2D eigenvalue weighted by atomic mass is 16.2. The first-order chi connectivity index (χ1) is 14.1. The average molecular weight is 395 g/mol. The highest BCUT2D eigenvalue weighted by Crippen LogP contribution is 2.20. The van der Waals surface area contributed by atoms with E-state index >= 15 is 0 Å². The topological polar surface area (TPSA) is 64.7 Å². The van der Waals surface area contributed by atoms with E-state index in [0.29, 0.717) is 18.7 Å². The Balaban J connectivity index is 1.51. The SMILES string of the molecule is CCCCNC(=O)N1CCN(c2ccc(NC(=O)c3ccccc3C)cc2)CC1. The zero-order valence-electron chi connectivity index (χ0n) is 17.3. The lowest BCUT2D eigenvalue weighted by Gasteiger charge is -2.36. The molecule has 1 saturated heterocycles. The molecule has 2 aromatic carbocycles. The van der Waals surface area contributed by atoms with Crippen LogP contribution in [-0.4, -0.2) is 49.6 Å². The molecule has 154 valence electrons. The third-order valence-electron chi connectivity index (χ3n) is 5.25. The van der Waals surface area contributed by atoms with Gasteiger partial charge in [0, 0.05) is 49.7 Å². The number of rotatable bonds is 6. The van der Waals surface area contributed by atoms with Crippen molar-refractivity contribution in [1.29, 1.82) is 0 Å². The smallest absolute Gasteiger partial charge is 0.317 e. The molecule has 0 atom stereocenters. The Morgan fingerprint density at radius 2 is 1.66 bits per heavy atom. The molecular formula is C23H30N4O2. The van der Waals surface area contributed by atoms with Gasteiger partial charge in [-0.05, 0) is 49.2 Å². The number of hydrogen-bond donors (Lipinski definition) is 2. The van der Waals surface area contributed by atoms with Crippen LogP contribution < -0.4 is 15.5 Å². The van der Waals surface area contributed by atoms with E-state index in [1.807, 2.05) is 60.4 Å². The summed E-state index contributed by atoms with van der Waals surface area (Å²) < 4.78 is 0. The van der Waals surface area contributed by atoms with Gasteiger partial charge in [0.2, 0.25) is 0 Å². The number of carbonyl (C=O) groups is 2. The van der Waals surface area contributed by atoms with Crippen molar-refractivity contribution in [3.05, 3.63) is 59.7 Å². The van der Waals surface area contributed by atoms with Crippen LogP contribution in [0.2, 0.25) is 0 Å². The van der Waals surface area contributed by atoms with Gasteiger partial charge in [-0.15, -0.1) is 0 Å². The number of benzene rings is 2. The number of carbonyl (C=O) groups excluding carboxylic acids is 2. The van der Waals surface area contributed by atoms with Crippen molar-refractivity contribution >= 4 is 23.3 Å². The monoisotopic (exact) mass is 394 g/mol. The molecule has 0 saturated carbocycles. The quantitative estimate of drug-likeness (QED) is 0.731. The Morgan fingerprint density at radius 3 is 2.31 bits per heavy atom. The Hall–Kier alpha value is -3.02. The molecular weight excluding hydrogens is 364 g/mol. The first-order valence-electron chi connectivity index (χ1n) is 10.3. The van der Waals surface area contributed by atoms with Crippen molar-refractivity contribution in [3.8, 4) is 0 Å². The summed E-state index contributed by atoms with van der Waals surface area (Å²) in [5, 5.41) is 5.94. The minimum Gasteiger partial charge on any atom is -0.368 e. The second-order valence-electron chi connectivity index (χ2n) is 7.38. The van der Waals surface area contributed by atoms with Gasteiger partial charge < -0.3 is 20.4 Å². The van der Waals surface area contributed by atoms with Gasteiger partial charge in [0.15, 0.2) is 0 Å². The van der Waals surface area contributed by atoms with Gasteiger partial charge in [0.1, 0.15) is 0 Å². The zero-order chi connectivity index (χ0) is 20.6. The maximum atomic E-state index is 12.5. The molecule has 1 fully saturated rings. The van der Waals surface area contributed by atoms with E-state index in [9.17, 15) is 9.59 Å². The van der Waals surface area contributed by atoms with Gasteiger partial charge in [0.25, 0.3) is 5.91 Å². The highest BCUT2D eigenvalue weighted by Gasteiger charge is 2.21. The second-order valence-corrected chi connectivity index (χ2v) is 7.38. The second kappa shape index (κ2) is 9.96. The van der Waals surface area contributed by atoms with Crippen molar-refractivity contribution in [2.24, 2.45) is 0 Å². The van der Waals surface area contributed by atoms with E-state index in [0.717, 1.165) is 49.4 Å². The molecule has 1 aliphatic heterocycles. The number of piperazine rings is 1. The van der Waals surface area contributed by atoms with E-state index in [2.05, 4.69) is 22.5 Å². The van der Waals surface area contributed by atoms with Crippen LogP contribution in [0.15, 0.2) is 48.5 Å². The number of nitrogens with one attached hydrogen (secondary N) is 2. The predicted molar refractivity (Wildman–Crippen MR) is 118 cm³/mol. The highest BCUT2D eigenvalue weighted by molar-refractivity contribution is 6.05. The van der Waals surface area contributed by atoms with Crippen LogP contribution in [0.3, 0.4) is 0 Å². The van der Waals surface area contributed by atoms with Gasteiger partial charge in [0.05, 0.1) is 0 Å². The zero-order valence-corrected chi connectivity index (χ0v) is 17.3. The summed E-state index contributed by atoms with van der Waals surface area (Å²) >= 11 is 0. The number of aryl methyl sites for hydroxylation is 1. The molecule has 29 heavy (non-hydrogen) atoms. The molecule has 0 aliphatic carbocycles. The largest absolute Gasteiger partial charge is 0.368 e. The van der Waals surface area contributed by atoms with Crippen molar-refractivity contribution in [2.75, 3.05) is 42.9 Å². The Labute approximate surface area is 172 Å². The average Bonchev–Trinajstić information content (AvgIpc) is 2.75. The van der Waals surface area contributed by atoms with E-state index < -0.39 is 0 Å². The van der Waals surface area contributed by atoms with Crippen LogP contribution in [0, 0.1) is 6.92 Å². The Bertz CT molecular complexity index is 827. The predicted octanol–water partition coefficient (Wildman–Crippen LogP) is 3.88. The Kier molecular flexibility index (Phi) is 7.11. The van der Waals surface area contributed by atoms with Crippen molar-refractivity contribution in [3.63, 3.8) is 0 Å². The van der Waals surface area contributed by atoms with Crippen molar-refractivity contribution in [2.45, 2.75) is 26.7 Å². The summed E-state index contributed by atoms with van der Waals surface area (Å²) in [7, 11) is 0. The third kappa shape index (κ3) is 5.50. The summed E-state index contributed by atoms with van der Waals surface area (Å²) in [6.07, 6.45) is 2.09. The lowest BCUT2D eigenvalue weighted by molar-refractivity contribution is 0.102. The first-order valence-corrected chi connectivity index (χ1v) is 10.3. The van der Waals surface area contributed by atoms with Crippen LogP contribution in [0.5, 0.6) is 0 Å². The summed E-state index contributed by atoms with van der Waals surface area (Å²) in [6.45, 7) is 7.82. The fourth-order valence-electron chi connectivity index (χ4n) is 3.43.